The normalized spacial score (nSPS) is 19.6. The summed E-state index contributed by atoms with van der Waals surface area (Å²) in [4.78, 5) is 2.62. The van der Waals surface area contributed by atoms with Crippen LogP contribution in [0.5, 0.6) is 0 Å². The van der Waals surface area contributed by atoms with Gasteiger partial charge >= 0.3 is 0 Å². The van der Waals surface area contributed by atoms with E-state index in [9.17, 15) is 0 Å². The van der Waals surface area contributed by atoms with Crippen LogP contribution in [0.25, 0.3) is 0 Å². The third-order valence-corrected chi connectivity index (χ3v) is 4.54. The van der Waals surface area contributed by atoms with Crippen molar-refractivity contribution in [3.8, 4) is 0 Å². The van der Waals surface area contributed by atoms with Gasteiger partial charge in [-0.25, -0.2) is 0 Å². The van der Waals surface area contributed by atoms with E-state index in [2.05, 4.69) is 37.4 Å². The standard InChI is InChI=1S/C14H30N2S/c1-5-7-14(10-15-12-8-9-12)16(3)13(6-2)11-17-4/h12-15H,5-11H2,1-4H3. The molecule has 1 N–H and O–H groups in total. The number of rotatable bonds is 10. The highest BCUT2D eigenvalue weighted by atomic mass is 32.2. The first-order valence-electron chi connectivity index (χ1n) is 7.17. The van der Waals surface area contributed by atoms with E-state index in [1.807, 2.05) is 11.8 Å². The molecular weight excluding hydrogens is 228 g/mol. The first-order chi connectivity index (χ1) is 8.22. The maximum Gasteiger partial charge on any atom is 0.0220 e. The summed E-state index contributed by atoms with van der Waals surface area (Å²) in [6.45, 7) is 5.79. The van der Waals surface area contributed by atoms with E-state index >= 15 is 0 Å². The molecule has 1 saturated carbocycles. The molecule has 0 bridgehead atoms. The topological polar surface area (TPSA) is 15.3 Å². The van der Waals surface area contributed by atoms with E-state index in [-0.39, 0.29) is 0 Å². The van der Waals surface area contributed by atoms with Crippen molar-refractivity contribution in [1.29, 1.82) is 0 Å². The third-order valence-electron chi connectivity index (χ3n) is 3.82. The summed E-state index contributed by atoms with van der Waals surface area (Å²) < 4.78 is 0. The smallest absolute Gasteiger partial charge is 0.0220 e. The summed E-state index contributed by atoms with van der Waals surface area (Å²) in [5.41, 5.74) is 0. The molecule has 0 radical (unpaired) electrons. The zero-order valence-electron chi connectivity index (χ0n) is 12.0. The van der Waals surface area contributed by atoms with Crippen LogP contribution in [0.2, 0.25) is 0 Å². The first-order valence-corrected chi connectivity index (χ1v) is 8.56. The molecule has 17 heavy (non-hydrogen) atoms. The van der Waals surface area contributed by atoms with Crippen LogP contribution < -0.4 is 5.32 Å². The van der Waals surface area contributed by atoms with Crippen molar-refractivity contribution in [3.05, 3.63) is 0 Å². The van der Waals surface area contributed by atoms with Gasteiger partial charge in [0.05, 0.1) is 0 Å². The van der Waals surface area contributed by atoms with E-state index in [0.29, 0.717) is 0 Å². The molecule has 0 aromatic carbocycles. The van der Waals surface area contributed by atoms with E-state index in [4.69, 9.17) is 0 Å². The van der Waals surface area contributed by atoms with Crippen molar-refractivity contribution in [2.24, 2.45) is 0 Å². The van der Waals surface area contributed by atoms with Gasteiger partial charge in [-0.2, -0.15) is 11.8 Å². The Labute approximate surface area is 112 Å². The van der Waals surface area contributed by atoms with Crippen LogP contribution in [-0.2, 0) is 0 Å². The predicted octanol–water partition coefficient (Wildman–Crippen LogP) is 2.98. The lowest BCUT2D eigenvalue weighted by Crippen LogP contribution is -2.46. The Balaban J connectivity index is 2.40. The lowest BCUT2D eigenvalue weighted by Gasteiger charge is -2.34. The molecule has 1 aliphatic rings. The van der Waals surface area contributed by atoms with E-state index in [1.165, 1.54) is 44.4 Å². The second-order valence-corrected chi connectivity index (χ2v) is 6.22. The number of hydrogen-bond donors (Lipinski definition) is 1. The molecule has 0 saturated heterocycles. The average Bonchev–Trinajstić information content (AvgIpc) is 3.14. The molecule has 0 aliphatic heterocycles. The van der Waals surface area contributed by atoms with Crippen molar-refractivity contribution >= 4 is 11.8 Å². The Morgan fingerprint density at radius 2 is 2.00 bits per heavy atom. The van der Waals surface area contributed by atoms with E-state index < -0.39 is 0 Å². The molecule has 1 fully saturated rings. The van der Waals surface area contributed by atoms with Gasteiger partial charge in [-0.1, -0.05) is 20.3 Å². The summed E-state index contributed by atoms with van der Waals surface area (Å²) in [5.74, 6) is 1.26. The van der Waals surface area contributed by atoms with Crippen LogP contribution >= 0.6 is 11.8 Å². The Morgan fingerprint density at radius 1 is 1.29 bits per heavy atom. The van der Waals surface area contributed by atoms with Crippen LogP contribution in [-0.4, -0.2) is 48.6 Å². The fourth-order valence-corrected chi connectivity index (χ4v) is 3.24. The molecule has 0 heterocycles. The molecule has 102 valence electrons. The summed E-state index contributed by atoms with van der Waals surface area (Å²) in [6.07, 6.45) is 8.88. The minimum Gasteiger partial charge on any atom is -0.312 e. The summed E-state index contributed by atoms with van der Waals surface area (Å²) in [5, 5.41) is 3.70. The number of nitrogens with zero attached hydrogens (tertiary/aromatic N) is 1. The van der Waals surface area contributed by atoms with Gasteiger partial charge in [-0.3, -0.25) is 4.90 Å². The Kier molecular flexibility index (Phi) is 7.56. The van der Waals surface area contributed by atoms with Crippen LogP contribution in [0.3, 0.4) is 0 Å². The minimum atomic E-state index is 0.720. The molecular formula is C14H30N2S. The zero-order chi connectivity index (χ0) is 12.7. The molecule has 2 nitrogen and oxygen atoms in total. The molecule has 0 spiro atoms. The van der Waals surface area contributed by atoms with Gasteiger partial charge in [0.15, 0.2) is 0 Å². The number of nitrogens with one attached hydrogen (secondary N) is 1. The van der Waals surface area contributed by atoms with Crippen molar-refractivity contribution in [1.82, 2.24) is 10.2 Å². The second-order valence-electron chi connectivity index (χ2n) is 5.31. The highest BCUT2D eigenvalue weighted by Gasteiger charge is 2.25. The van der Waals surface area contributed by atoms with Gasteiger partial charge in [0, 0.05) is 30.4 Å². The van der Waals surface area contributed by atoms with Crippen molar-refractivity contribution in [3.63, 3.8) is 0 Å². The molecule has 0 amide bonds. The fourth-order valence-electron chi connectivity index (χ4n) is 2.39. The molecule has 2 atom stereocenters. The highest BCUT2D eigenvalue weighted by Crippen LogP contribution is 2.20. The number of thioether (sulfide) groups is 1. The van der Waals surface area contributed by atoms with Crippen LogP contribution in [0.4, 0.5) is 0 Å². The molecule has 1 rings (SSSR count). The minimum absolute atomic E-state index is 0.720. The number of hydrogen-bond acceptors (Lipinski definition) is 3. The summed E-state index contributed by atoms with van der Waals surface area (Å²) >= 11 is 1.97. The summed E-state index contributed by atoms with van der Waals surface area (Å²) in [7, 11) is 2.32. The quantitative estimate of drug-likeness (QED) is 0.648. The zero-order valence-corrected chi connectivity index (χ0v) is 12.9. The number of likely N-dealkylation sites (N-methyl/N-ethyl adjacent to an activating group) is 1. The van der Waals surface area contributed by atoms with Crippen LogP contribution in [0.1, 0.15) is 46.0 Å². The maximum absolute atomic E-state index is 3.70. The van der Waals surface area contributed by atoms with Gasteiger partial charge in [0.1, 0.15) is 0 Å². The van der Waals surface area contributed by atoms with Crippen LogP contribution in [0.15, 0.2) is 0 Å². The molecule has 0 aromatic rings. The molecule has 0 aromatic heterocycles. The van der Waals surface area contributed by atoms with Gasteiger partial charge in [0.25, 0.3) is 0 Å². The largest absolute Gasteiger partial charge is 0.312 e. The van der Waals surface area contributed by atoms with Gasteiger partial charge in [0.2, 0.25) is 0 Å². The maximum atomic E-state index is 3.70. The Bertz CT molecular complexity index is 195. The van der Waals surface area contributed by atoms with Crippen LogP contribution in [0, 0.1) is 0 Å². The van der Waals surface area contributed by atoms with E-state index in [0.717, 1.165) is 18.1 Å². The summed E-state index contributed by atoms with van der Waals surface area (Å²) in [6, 6.07) is 2.30. The molecule has 1 aliphatic carbocycles. The van der Waals surface area contributed by atoms with Gasteiger partial charge in [-0.15, -0.1) is 0 Å². The first kappa shape index (κ1) is 15.3. The average molecular weight is 258 g/mol. The molecule has 2 unspecified atom stereocenters. The fraction of sp³-hybridized carbons (Fsp3) is 1.00. The monoisotopic (exact) mass is 258 g/mol. The van der Waals surface area contributed by atoms with Crippen molar-refractivity contribution < 1.29 is 0 Å². The van der Waals surface area contributed by atoms with Crippen molar-refractivity contribution in [2.75, 3.05) is 25.6 Å². The molecule has 3 heteroatoms. The predicted molar refractivity (Wildman–Crippen MR) is 79.9 cm³/mol. The lowest BCUT2D eigenvalue weighted by atomic mass is 10.1. The Hall–Kier alpha value is 0.270. The van der Waals surface area contributed by atoms with E-state index in [1.54, 1.807) is 0 Å². The Morgan fingerprint density at radius 3 is 2.47 bits per heavy atom. The SMILES string of the molecule is CCCC(CNC1CC1)N(C)C(CC)CSC. The van der Waals surface area contributed by atoms with Gasteiger partial charge < -0.3 is 5.32 Å². The second kappa shape index (κ2) is 8.39. The van der Waals surface area contributed by atoms with Gasteiger partial charge in [-0.05, 0) is 39.0 Å². The highest BCUT2D eigenvalue weighted by molar-refractivity contribution is 7.98. The third kappa shape index (κ3) is 5.62. The van der Waals surface area contributed by atoms with Crippen molar-refractivity contribution in [2.45, 2.75) is 64.1 Å². The lowest BCUT2D eigenvalue weighted by molar-refractivity contribution is 0.169.